The zero-order valence-corrected chi connectivity index (χ0v) is 17.0. The molecule has 29 heavy (non-hydrogen) atoms. The molecule has 1 aliphatic rings. The number of H-pyrrole nitrogens is 1. The molecule has 1 aliphatic carbocycles. The zero-order valence-electron chi connectivity index (χ0n) is 16.2. The number of carbonyl (C=O) groups excluding carboxylic acids is 1. The van der Waals surface area contributed by atoms with E-state index >= 15 is 0 Å². The van der Waals surface area contributed by atoms with E-state index in [0.29, 0.717) is 40.4 Å². The summed E-state index contributed by atoms with van der Waals surface area (Å²) in [6, 6.07) is 9.46. The molecule has 3 N–H and O–H groups in total. The lowest BCUT2D eigenvalue weighted by Gasteiger charge is -2.16. The predicted octanol–water partition coefficient (Wildman–Crippen LogP) is 1.39. The summed E-state index contributed by atoms with van der Waals surface area (Å²) in [6.45, 7) is 3.37. The van der Waals surface area contributed by atoms with Crippen molar-refractivity contribution in [3.05, 3.63) is 56.4 Å². The van der Waals surface area contributed by atoms with E-state index in [1.807, 2.05) is 25.1 Å². The van der Waals surface area contributed by atoms with Gasteiger partial charge in [-0.15, -0.1) is 11.3 Å². The van der Waals surface area contributed by atoms with E-state index in [2.05, 4.69) is 21.4 Å². The van der Waals surface area contributed by atoms with E-state index in [-0.39, 0.29) is 18.0 Å². The van der Waals surface area contributed by atoms with Gasteiger partial charge in [-0.05, 0) is 43.9 Å². The van der Waals surface area contributed by atoms with Crippen LogP contribution in [-0.2, 0) is 24.2 Å². The summed E-state index contributed by atoms with van der Waals surface area (Å²) >= 11 is 1.52. The van der Waals surface area contributed by atoms with Crippen molar-refractivity contribution < 1.29 is 9.69 Å². The van der Waals surface area contributed by atoms with Gasteiger partial charge in [0.05, 0.1) is 23.0 Å². The minimum absolute atomic E-state index is 0.138. The number of nitrogens with zero attached hydrogens (tertiary/aromatic N) is 2. The van der Waals surface area contributed by atoms with Gasteiger partial charge >= 0.3 is 0 Å². The number of quaternary nitrogens is 1. The summed E-state index contributed by atoms with van der Waals surface area (Å²) in [6.07, 6.45) is 2.98. The maximum atomic E-state index is 12.6. The molecule has 0 bridgehead atoms. The number of thiophene rings is 1. The highest BCUT2D eigenvalue weighted by atomic mass is 32.1. The maximum absolute atomic E-state index is 12.6. The highest BCUT2D eigenvalue weighted by molar-refractivity contribution is 7.16. The summed E-state index contributed by atoms with van der Waals surface area (Å²) in [7, 11) is 0. The van der Waals surface area contributed by atoms with Crippen molar-refractivity contribution in [1.29, 1.82) is 5.26 Å². The van der Waals surface area contributed by atoms with E-state index in [0.717, 1.165) is 29.7 Å². The first-order valence-electron chi connectivity index (χ1n) is 9.75. The molecule has 1 amide bonds. The topological polar surface area (TPSA) is 103 Å². The number of benzene rings is 1. The number of likely N-dealkylation sites (N-methyl/N-ethyl adjacent to an activating group) is 1. The third-order valence-corrected chi connectivity index (χ3v) is 6.48. The molecule has 0 radical (unpaired) electrons. The van der Waals surface area contributed by atoms with E-state index in [9.17, 15) is 14.9 Å². The molecule has 1 unspecified atom stereocenters. The minimum Gasteiger partial charge on any atom is -0.321 e. The van der Waals surface area contributed by atoms with Gasteiger partial charge in [0.25, 0.3) is 11.5 Å². The highest BCUT2D eigenvalue weighted by Crippen LogP contribution is 2.38. The Morgan fingerprint density at radius 1 is 1.38 bits per heavy atom. The smallest absolute Gasteiger partial charge is 0.280 e. The van der Waals surface area contributed by atoms with Crippen LogP contribution in [0, 0.1) is 11.3 Å². The van der Waals surface area contributed by atoms with Gasteiger partial charge in [0.1, 0.15) is 17.6 Å². The Hall–Kier alpha value is -3.02. The normalized spacial score (nSPS) is 13.8. The van der Waals surface area contributed by atoms with Crippen molar-refractivity contribution in [1.82, 2.24) is 9.97 Å². The molecule has 0 saturated carbocycles. The van der Waals surface area contributed by atoms with Crippen LogP contribution in [0.25, 0.3) is 10.9 Å². The van der Waals surface area contributed by atoms with Gasteiger partial charge in [-0.25, -0.2) is 4.98 Å². The second kappa shape index (κ2) is 8.15. The SMILES string of the molecule is CC[NH+](CC(=O)Nc1sc2c(c1C#N)CCC2)Cc1nc2ccccc2c(=O)[nH]1. The van der Waals surface area contributed by atoms with Crippen LogP contribution in [0.2, 0.25) is 0 Å². The van der Waals surface area contributed by atoms with Crippen LogP contribution in [0.15, 0.2) is 29.1 Å². The zero-order chi connectivity index (χ0) is 20.4. The Morgan fingerprint density at radius 3 is 3.00 bits per heavy atom. The fourth-order valence-corrected chi connectivity index (χ4v) is 5.03. The van der Waals surface area contributed by atoms with Crippen molar-refractivity contribution in [2.24, 2.45) is 0 Å². The van der Waals surface area contributed by atoms with Crippen molar-refractivity contribution in [3.8, 4) is 6.07 Å². The maximum Gasteiger partial charge on any atom is 0.280 e. The number of amides is 1. The summed E-state index contributed by atoms with van der Waals surface area (Å²) < 4.78 is 0. The first kappa shape index (κ1) is 19.3. The molecule has 148 valence electrons. The monoisotopic (exact) mass is 408 g/mol. The summed E-state index contributed by atoms with van der Waals surface area (Å²) in [5.74, 6) is 0.424. The number of hydrogen-bond acceptors (Lipinski definition) is 5. The fourth-order valence-electron chi connectivity index (χ4n) is 3.78. The van der Waals surface area contributed by atoms with Crippen LogP contribution in [0.4, 0.5) is 5.00 Å². The first-order valence-corrected chi connectivity index (χ1v) is 10.6. The van der Waals surface area contributed by atoms with Gasteiger partial charge < -0.3 is 15.2 Å². The molecule has 8 heteroatoms. The number of nitriles is 1. The van der Waals surface area contributed by atoms with Crippen molar-refractivity contribution >= 4 is 33.1 Å². The Bertz CT molecular complexity index is 1170. The number of carbonyl (C=O) groups is 1. The van der Waals surface area contributed by atoms with Crippen LogP contribution in [0.5, 0.6) is 0 Å². The number of aryl methyl sites for hydroxylation is 1. The van der Waals surface area contributed by atoms with Gasteiger partial charge in [-0.1, -0.05) is 12.1 Å². The number of anilines is 1. The Morgan fingerprint density at radius 2 is 2.21 bits per heavy atom. The van der Waals surface area contributed by atoms with Gasteiger partial charge in [-0.3, -0.25) is 9.59 Å². The van der Waals surface area contributed by atoms with E-state index in [1.54, 1.807) is 6.07 Å². The van der Waals surface area contributed by atoms with Crippen LogP contribution in [0.3, 0.4) is 0 Å². The van der Waals surface area contributed by atoms with E-state index in [4.69, 9.17) is 0 Å². The largest absolute Gasteiger partial charge is 0.321 e. The lowest BCUT2D eigenvalue weighted by Crippen LogP contribution is -3.11. The molecular formula is C21H22N5O2S+. The number of para-hydroxylation sites is 1. The molecule has 0 aliphatic heterocycles. The third-order valence-electron chi connectivity index (χ3n) is 5.28. The second-order valence-corrected chi connectivity index (χ2v) is 8.31. The average Bonchev–Trinajstić information content (AvgIpc) is 3.28. The highest BCUT2D eigenvalue weighted by Gasteiger charge is 2.24. The Labute approximate surface area is 172 Å². The second-order valence-electron chi connectivity index (χ2n) is 7.21. The van der Waals surface area contributed by atoms with Gasteiger partial charge in [0.2, 0.25) is 0 Å². The molecule has 0 saturated heterocycles. The quantitative estimate of drug-likeness (QED) is 0.573. The van der Waals surface area contributed by atoms with Crippen molar-refractivity contribution in [2.75, 3.05) is 18.4 Å². The molecule has 2 heterocycles. The molecule has 4 rings (SSSR count). The number of fused-ring (bicyclic) bond motifs is 2. The standard InChI is InChI=1S/C21H21N5O2S/c1-2-26(11-18-23-16-8-4-3-6-14(16)20(28)24-18)12-19(27)25-21-15(10-22)13-7-5-9-17(13)29-21/h3-4,6,8H,2,5,7,9,11-12H2,1H3,(H,25,27)(H,23,24,28)/p+1. The number of rotatable bonds is 6. The van der Waals surface area contributed by atoms with Crippen LogP contribution < -0.4 is 15.8 Å². The van der Waals surface area contributed by atoms with Crippen LogP contribution in [-0.4, -0.2) is 29.0 Å². The lowest BCUT2D eigenvalue weighted by atomic mass is 10.1. The van der Waals surface area contributed by atoms with Crippen molar-refractivity contribution in [3.63, 3.8) is 0 Å². The number of aromatic amines is 1. The lowest BCUT2D eigenvalue weighted by molar-refractivity contribution is -0.904. The molecule has 3 aromatic rings. The Balaban J connectivity index is 1.46. The van der Waals surface area contributed by atoms with Crippen LogP contribution in [0.1, 0.15) is 35.2 Å². The van der Waals surface area contributed by atoms with E-state index in [1.165, 1.54) is 16.2 Å². The van der Waals surface area contributed by atoms with Crippen LogP contribution >= 0.6 is 11.3 Å². The first-order chi connectivity index (χ1) is 14.1. The number of nitrogens with one attached hydrogen (secondary N) is 3. The third kappa shape index (κ3) is 3.92. The summed E-state index contributed by atoms with van der Waals surface area (Å²) in [5, 5.41) is 13.6. The van der Waals surface area contributed by atoms with Gasteiger partial charge in [0, 0.05) is 4.88 Å². The van der Waals surface area contributed by atoms with E-state index < -0.39 is 0 Å². The molecule has 1 aromatic carbocycles. The number of aromatic nitrogens is 2. The average molecular weight is 409 g/mol. The molecule has 7 nitrogen and oxygen atoms in total. The molecule has 0 fully saturated rings. The molecule has 1 atom stereocenters. The van der Waals surface area contributed by atoms with Crippen molar-refractivity contribution in [2.45, 2.75) is 32.7 Å². The molecular weight excluding hydrogens is 386 g/mol. The minimum atomic E-state index is -0.169. The van der Waals surface area contributed by atoms with Gasteiger partial charge in [0.15, 0.2) is 12.4 Å². The van der Waals surface area contributed by atoms with Gasteiger partial charge in [-0.2, -0.15) is 5.26 Å². The predicted molar refractivity (Wildman–Crippen MR) is 112 cm³/mol. The molecule has 2 aromatic heterocycles. The Kier molecular flexibility index (Phi) is 5.43. The summed E-state index contributed by atoms with van der Waals surface area (Å²) in [4.78, 5) is 34.4. The number of hydrogen-bond donors (Lipinski definition) is 3. The fraction of sp³-hybridized carbons (Fsp3) is 0.333. The summed E-state index contributed by atoms with van der Waals surface area (Å²) in [5.41, 5.74) is 2.20. The molecule has 0 spiro atoms.